The lowest BCUT2D eigenvalue weighted by Gasteiger charge is -2.10. The minimum absolute atomic E-state index is 0.130. The second-order valence-corrected chi connectivity index (χ2v) is 5.47. The van der Waals surface area contributed by atoms with Crippen LogP contribution in [0.15, 0.2) is 46.9 Å². The number of hydrazine groups is 1. The minimum Gasteiger partial charge on any atom is -0.496 e. The van der Waals surface area contributed by atoms with Crippen molar-refractivity contribution < 1.29 is 19.2 Å². The zero-order valence-electron chi connectivity index (χ0n) is 12.4. The smallest absolute Gasteiger partial charge is 0.273 e. The summed E-state index contributed by atoms with van der Waals surface area (Å²) in [6, 6.07) is 9.86. The summed E-state index contributed by atoms with van der Waals surface area (Å²) in [5.74, 6) is -0.823. The molecule has 0 fully saturated rings. The number of hydrogen-bond donors (Lipinski definition) is 2. The maximum absolute atomic E-state index is 12.1. The monoisotopic (exact) mass is 393 g/mol. The van der Waals surface area contributed by atoms with E-state index in [2.05, 4.69) is 26.8 Å². The van der Waals surface area contributed by atoms with Crippen molar-refractivity contribution in [3.63, 3.8) is 0 Å². The standard InChI is InChI=1S/C15H12BrN3O5/c1-24-13-7-4-10(16)8-12(13)15(21)18-17-14(20)9-2-5-11(6-3-9)19(22)23/h2-8H,1H3,(H,17,20)(H,18,21). The molecule has 0 spiro atoms. The Balaban J connectivity index is 2.04. The third-order valence-corrected chi connectivity index (χ3v) is 3.53. The van der Waals surface area contributed by atoms with E-state index in [4.69, 9.17) is 4.74 Å². The van der Waals surface area contributed by atoms with Crippen LogP contribution in [0.3, 0.4) is 0 Å². The SMILES string of the molecule is COc1ccc(Br)cc1C(=O)NNC(=O)c1ccc([N+](=O)[O-])cc1. The number of ether oxygens (including phenoxy) is 1. The Kier molecular flexibility index (Phi) is 5.48. The van der Waals surface area contributed by atoms with Crippen LogP contribution in [0.4, 0.5) is 5.69 Å². The maximum atomic E-state index is 12.1. The molecule has 2 aromatic rings. The van der Waals surface area contributed by atoms with Crippen LogP contribution in [-0.2, 0) is 0 Å². The van der Waals surface area contributed by atoms with E-state index < -0.39 is 16.7 Å². The van der Waals surface area contributed by atoms with Crippen molar-refractivity contribution in [3.8, 4) is 5.75 Å². The van der Waals surface area contributed by atoms with Gasteiger partial charge in [-0.15, -0.1) is 0 Å². The average molecular weight is 394 g/mol. The molecule has 0 radical (unpaired) electrons. The van der Waals surface area contributed by atoms with Crippen molar-refractivity contribution in [2.45, 2.75) is 0 Å². The van der Waals surface area contributed by atoms with Gasteiger partial charge in [-0.2, -0.15) is 0 Å². The number of hydrogen-bond acceptors (Lipinski definition) is 5. The number of halogens is 1. The fourth-order valence-corrected chi connectivity index (χ4v) is 2.21. The second kappa shape index (κ2) is 7.55. The summed E-state index contributed by atoms with van der Waals surface area (Å²) < 4.78 is 5.77. The predicted octanol–water partition coefficient (Wildman–Crippen LogP) is 2.44. The summed E-state index contributed by atoms with van der Waals surface area (Å²) in [6.45, 7) is 0. The van der Waals surface area contributed by atoms with E-state index in [9.17, 15) is 19.7 Å². The van der Waals surface area contributed by atoms with Crippen molar-refractivity contribution in [1.82, 2.24) is 10.9 Å². The molecule has 0 bridgehead atoms. The van der Waals surface area contributed by atoms with Crippen LogP contribution in [-0.4, -0.2) is 23.8 Å². The molecule has 0 aliphatic heterocycles. The number of nitro benzene ring substituents is 1. The molecule has 0 aliphatic rings. The van der Waals surface area contributed by atoms with Gasteiger partial charge in [0.25, 0.3) is 17.5 Å². The number of amides is 2. The molecule has 2 rings (SSSR count). The molecule has 0 saturated carbocycles. The van der Waals surface area contributed by atoms with E-state index in [1.54, 1.807) is 18.2 Å². The number of nitrogens with zero attached hydrogens (tertiary/aromatic N) is 1. The molecular weight excluding hydrogens is 382 g/mol. The van der Waals surface area contributed by atoms with Gasteiger partial charge in [0.15, 0.2) is 0 Å². The van der Waals surface area contributed by atoms with E-state index in [0.717, 1.165) is 0 Å². The highest BCUT2D eigenvalue weighted by Gasteiger charge is 2.15. The molecule has 0 aromatic heterocycles. The van der Waals surface area contributed by atoms with Gasteiger partial charge in [0, 0.05) is 22.2 Å². The summed E-state index contributed by atoms with van der Waals surface area (Å²) in [5, 5.41) is 10.6. The van der Waals surface area contributed by atoms with E-state index in [-0.39, 0.29) is 16.8 Å². The number of benzene rings is 2. The lowest BCUT2D eigenvalue weighted by atomic mass is 10.2. The zero-order valence-corrected chi connectivity index (χ0v) is 14.0. The third kappa shape index (κ3) is 4.07. The van der Waals surface area contributed by atoms with Gasteiger partial charge in [-0.1, -0.05) is 15.9 Å². The van der Waals surface area contributed by atoms with E-state index >= 15 is 0 Å². The van der Waals surface area contributed by atoms with Crippen LogP contribution in [0.2, 0.25) is 0 Å². The molecule has 0 unspecified atom stereocenters. The third-order valence-electron chi connectivity index (χ3n) is 3.04. The number of carbonyl (C=O) groups excluding carboxylic acids is 2. The van der Waals surface area contributed by atoms with Gasteiger partial charge in [0.1, 0.15) is 5.75 Å². The molecule has 0 saturated heterocycles. The number of rotatable bonds is 4. The molecule has 0 heterocycles. The molecular formula is C15H12BrN3O5. The van der Waals surface area contributed by atoms with Gasteiger partial charge in [-0.05, 0) is 30.3 Å². The Labute approximate surface area is 145 Å². The Hall–Kier alpha value is -2.94. The zero-order chi connectivity index (χ0) is 17.7. The molecule has 2 N–H and O–H groups in total. The molecule has 2 amide bonds. The number of methoxy groups -OCH3 is 1. The number of non-ortho nitro benzene ring substituents is 1. The summed E-state index contributed by atoms with van der Waals surface area (Å²) in [5.41, 5.74) is 4.77. The first kappa shape index (κ1) is 17.4. The number of nitrogens with one attached hydrogen (secondary N) is 2. The van der Waals surface area contributed by atoms with Crippen LogP contribution < -0.4 is 15.6 Å². The Morgan fingerprint density at radius 3 is 2.29 bits per heavy atom. The summed E-state index contributed by atoms with van der Waals surface area (Å²) in [7, 11) is 1.43. The molecule has 8 nitrogen and oxygen atoms in total. The first-order valence-electron chi connectivity index (χ1n) is 6.61. The van der Waals surface area contributed by atoms with Gasteiger partial charge in [0.05, 0.1) is 17.6 Å². The Bertz CT molecular complexity index is 792. The lowest BCUT2D eigenvalue weighted by molar-refractivity contribution is -0.384. The topological polar surface area (TPSA) is 111 Å². The highest BCUT2D eigenvalue weighted by molar-refractivity contribution is 9.10. The van der Waals surface area contributed by atoms with Crippen molar-refractivity contribution in [2.24, 2.45) is 0 Å². The summed E-state index contributed by atoms with van der Waals surface area (Å²) >= 11 is 3.25. The molecule has 9 heteroatoms. The second-order valence-electron chi connectivity index (χ2n) is 4.56. The first-order valence-corrected chi connectivity index (χ1v) is 7.40. The van der Waals surface area contributed by atoms with E-state index in [0.29, 0.717) is 10.2 Å². The summed E-state index contributed by atoms with van der Waals surface area (Å²) in [6.07, 6.45) is 0. The van der Waals surface area contributed by atoms with Crippen molar-refractivity contribution in [2.75, 3.05) is 7.11 Å². The highest BCUT2D eigenvalue weighted by atomic mass is 79.9. The van der Waals surface area contributed by atoms with Crippen LogP contribution in [0, 0.1) is 10.1 Å². The maximum Gasteiger partial charge on any atom is 0.273 e. The van der Waals surface area contributed by atoms with Gasteiger partial charge < -0.3 is 4.74 Å². The molecule has 0 aliphatic carbocycles. The van der Waals surface area contributed by atoms with E-state index in [1.807, 2.05) is 0 Å². The molecule has 24 heavy (non-hydrogen) atoms. The minimum atomic E-state index is -0.604. The molecule has 0 atom stereocenters. The van der Waals surface area contributed by atoms with Crippen molar-refractivity contribution >= 4 is 33.4 Å². The number of carbonyl (C=O) groups is 2. The quantitative estimate of drug-likeness (QED) is 0.612. The van der Waals surface area contributed by atoms with Gasteiger partial charge in [-0.25, -0.2) is 0 Å². The molecule has 2 aromatic carbocycles. The Morgan fingerprint density at radius 2 is 1.71 bits per heavy atom. The predicted molar refractivity (Wildman–Crippen MR) is 88.7 cm³/mol. The van der Waals surface area contributed by atoms with Gasteiger partial charge >= 0.3 is 0 Å². The van der Waals surface area contributed by atoms with Crippen LogP contribution in [0.25, 0.3) is 0 Å². The first-order chi connectivity index (χ1) is 11.4. The van der Waals surface area contributed by atoms with Crippen molar-refractivity contribution in [1.29, 1.82) is 0 Å². The normalized spacial score (nSPS) is 9.92. The van der Waals surface area contributed by atoms with Crippen molar-refractivity contribution in [3.05, 3.63) is 68.2 Å². The fourth-order valence-electron chi connectivity index (χ4n) is 1.85. The van der Waals surface area contributed by atoms with Crippen LogP contribution >= 0.6 is 15.9 Å². The van der Waals surface area contributed by atoms with E-state index in [1.165, 1.54) is 31.4 Å². The largest absolute Gasteiger partial charge is 0.496 e. The highest BCUT2D eigenvalue weighted by Crippen LogP contribution is 2.22. The fraction of sp³-hybridized carbons (Fsp3) is 0.0667. The van der Waals surface area contributed by atoms with Crippen LogP contribution in [0.5, 0.6) is 5.75 Å². The number of nitro groups is 1. The van der Waals surface area contributed by atoms with Gasteiger partial charge in [0.2, 0.25) is 0 Å². The molecule has 124 valence electrons. The van der Waals surface area contributed by atoms with Gasteiger partial charge in [-0.3, -0.25) is 30.6 Å². The van der Waals surface area contributed by atoms with Crippen LogP contribution in [0.1, 0.15) is 20.7 Å². The lowest BCUT2D eigenvalue weighted by Crippen LogP contribution is -2.41. The summed E-state index contributed by atoms with van der Waals surface area (Å²) in [4.78, 5) is 34.1. The Morgan fingerprint density at radius 1 is 1.08 bits per heavy atom. The average Bonchev–Trinajstić information content (AvgIpc) is 2.59.